The second kappa shape index (κ2) is 6.61. The normalized spacial score (nSPS) is 10.4. The van der Waals surface area contributed by atoms with E-state index in [2.05, 4.69) is 41.5 Å². The molecule has 0 bridgehead atoms. The van der Waals surface area contributed by atoms with Crippen molar-refractivity contribution >= 4 is 22.2 Å². The van der Waals surface area contributed by atoms with Gasteiger partial charge in [-0.2, -0.15) is 4.98 Å². The van der Waals surface area contributed by atoms with E-state index in [9.17, 15) is 0 Å². The summed E-state index contributed by atoms with van der Waals surface area (Å²) in [6.07, 6.45) is 1.05. The summed E-state index contributed by atoms with van der Waals surface area (Å²) < 4.78 is 5.34. The van der Waals surface area contributed by atoms with Gasteiger partial charge in [-0.25, -0.2) is 0 Å². The lowest BCUT2D eigenvalue weighted by atomic mass is 10.1. The summed E-state index contributed by atoms with van der Waals surface area (Å²) in [5.74, 6) is 0.706. The molecule has 0 aliphatic heterocycles. The zero-order chi connectivity index (χ0) is 14.5. The van der Waals surface area contributed by atoms with Gasteiger partial charge >= 0.3 is 0 Å². The lowest BCUT2D eigenvalue weighted by Crippen LogP contribution is -2.07. The van der Waals surface area contributed by atoms with Gasteiger partial charge in [0.05, 0.1) is 18.5 Å². The highest BCUT2D eigenvalue weighted by Crippen LogP contribution is 2.31. The molecule has 0 atom stereocenters. The lowest BCUT2D eigenvalue weighted by Gasteiger charge is -2.07. The maximum Gasteiger partial charge on any atom is 0.231 e. The number of hydrogen-bond donors (Lipinski definition) is 1. The van der Waals surface area contributed by atoms with E-state index in [0.717, 1.165) is 28.7 Å². The second-order valence-electron chi connectivity index (χ2n) is 4.73. The van der Waals surface area contributed by atoms with Crippen molar-refractivity contribution in [1.29, 1.82) is 0 Å². The third-order valence-corrected chi connectivity index (χ3v) is 4.22. The van der Waals surface area contributed by atoms with Crippen LogP contribution < -0.4 is 15.0 Å². The molecule has 0 saturated carbocycles. The average molecular weight is 291 g/mol. The summed E-state index contributed by atoms with van der Waals surface area (Å²) in [7, 11) is 5.64. The minimum atomic E-state index is 0.706. The number of benzene rings is 1. The van der Waals surface area contributed by atoms with Crippen LogP contribution in [0, 0.1) is 0 Å². The molecule has 5 heteroatoms. The van der Waals surface area contributed by atoms with Crippen molar-refractivity contribution in [3.63, 3.8) is 0 Å². The molecule has 4 nitrogen and oxygen atoms in total. The number of nitrogens with zero attached hydrogens (tertiary/aromatic N) is 2. The van der Waals surface area contributed by atoms with Gasteiger partial charge in [0.15, 0.2) is 5.13 Å². The Balaban J connectivity index is 2.09. The van der Waals surface area contributed by atoms with Crippen molar-refractivity contribution in [1.82, 2.24) is 4.98 Å². The fraction of sp³-hybridized carbons (Fsp3) is 0.400. The third-order valence-electron chi connectivity index (χ3n) is 3.01. The molecule has 108 valence electrons. The standard InChI is InChI=1S/C15H21N3OS/c1-5-11-7-6-8-12(9-11)16-10-13-14(19-4)17-15(20-13)18(2)3/h6-9,16H,5,10H2,1-4H3. The van der Waals surface area contributed by atoms with Crippen molar-refractivity contribution in [2.24, 2.45) is 0 Å². The van der Waals surface area contributed by atoms with Crippen molar-refractivity contribution in [2.45, 2.75) is 19.9 Å². The topological polar surface area (TPSA) is 37.4 Å². The van der Waals surface area contributed by atoms with Crippen LogP contribution in [0.2, 0.25) is 0 Å². The van der Waals surface area contributed by atoms with E-state index in [1.54, 1.807) is 18.4 Å². The van der Waals surface area contributed by atoms with Crippen LogP contribution in [0.25, 0.3) is 0 Å². The Labute approximate surface area is 124 Å². The van der Waals surface area contributed by atoms with Crippen LogP contribution in [-0.2, 0) is 13.0 Å². The van der Waals surface area contributed by atoms with E-state index in [-0.39, 0.29) is 0 Å². The summed E-state index contributed by atoms with van der Waals surface area (Å²) in [6.45, 7) is 2.89. The molecule has 0 unspecified atom stereocenters. The Morgan fingerprint density at radius 2 is 2.15 bits per heavy atom. The van der Waals surface area contributed by atoms with E-state index in [1.807, 2.05) is 19.0 Å². The summed E-state index contributed by atoms with van der Waals surface area (Å²) in [4.78, 5) is 7.56. The number of anilines is 2. The molecule has 0 saturated heterocycles. The molecule has 1 aromatic heterocycles. The predicted octanol–water partition coefficient (Wildman–Crippen LogP) is 3.39. The number of methoxy groups -OCH3 is 1. The van der Waals surface area contributed by atoms with Gasteiger partial charge in [-0.1, -0.05) is 30.4 Å². The number of nitrogens with one attached hydrogen (secondary N) is 1. The Kier molecular flexibility index (Phi) is 4.84. The van der Waals surface area contributed by atoms with E-state index in [1.165, 1.54) is 5.56 Å². The highest BCUT2D eigenvalue weighted by Gasteiger charge is 2.12. The zero-order valence-corrected chi connectivity index (χ0v) is 13.3. The molecular weight excluding hydrogens is 270 g/mol. The molecule has 0 spiro atoms. The average Bonchev–Trinajstić information content (AvgIpc) is 2.89. The molecule has 0 radical (unpaired) electrons. The fourth-order valence-electron chi connectivity index (χ4n) is 1.87. The molecule has 1 aromatic carbocycles. The van der Waals surface area contributed by atoms with Crippen LogP contribution in [0.3, 0.4) is 0 Å². The third kappa shape index (κ3) is 3.42. The molecule has 0 aliphatic carbocycles. The highest BCUT2D eigenvalue weighted by molar-refractivity contribution is 7.15. The SMILES string of the molecule is CCc1cccc(NCc2sc(N(C)C)nc2OC)c1. The Morgan fingerprint density at radius 3 is 2.80 bits per heavy atom. The van der Waals surface area contributed by atoms with Gasteiger partial charge in [0, 0.05) is 19.8 Å². The maximum atomic E-state index is 5.34. The summed E-state index contributed by atoms with van der Waals surface area (Å²) in [5.41, 5.74) is 2.46. The molecule has 0 fully saturated rings. The van der Waals surface area contributed by atoms with E-state index < -0.39 is 0 Å². The van der Waals surface area contributed by atoms with Gasteiger partial charge in [0.2, 0.25) is 5.88 Å². The number of ether oxygens (including phenoxy) is 1. The lowest BCUT2D eigenvalue weighted by molar-refractivity contribution is 0.397. The van der Waals surface area contributed by atoms with Crippen LogP contribution in [0.5, 0.6) is 5.88 Å². The fourth-order valence-corrected chi connectivity index (χ4v) is 2.76. The van der Waals surface area contributed by atoms with Crippen molar-refractivity contribution < 1.29 is 4.74 Å². The molecule has 1 N–H and O–H groups in total. The number of rotatable bonds is 6. The summed E-state index contributed by atoms with van der Waals surface area (Å²) in [5, 5.41) is 4.39. The Hall–Kier alpha value is -1.75. The first kappa shape index (κ1) is 14.7. The number of aromatic nitrogens is 1. The first-order valence-corrected chi connectivity index (χ1v) is 7.49. The van der Waals surface area contributed by atoms with Crippen LogP contribution in [-0.4, -0.2) is 26.2 Å². The zero-order valence-electron chi connectivity index (χ0n) is 12.4. The first-order valence-electron chi connectivity index (χ1n) is 6.68. The van der Waals surface area contributed by atoms with Gasteiger partial charge < -0.3 is 15.0 Å². The monoisotopic (exact) mass is 291 g/mol. The van der Waals surface area contributed by atoms with Gasteiger partial charge in [-0.3, -0.25) is 0 Å². The smallest absolute Gasteiger partial charge is 0.231 e. The van der Waals surface area contributed by atoms with Gasteiger partial charge in [-0.15, -0.1) is 0 Å². The number of aryl methyl sites for hydroxylation is 1. The quantitative estimate of drug-likeness (QED) is 0.885. The Bertz CT molecular complexity index is 566. The summed E-state index contributed by atoms with van der Waals surface area (Å²) in [6, 6.07) is 8.48. The summed E-state index contributed by atoms with van der Waals surface area (Å²) >= 11 is 1.65. The first-order chi connectivity index (χ1) is 9.63. The molecule has 0 aliphatic rings. The molecule has 1 heterocycles. The van der Waals surface area contributed by atoms with Gasteiger partial charge in [-0.05, 0) is 24.1 Å². The van der Waals surface area contributed by atoms with Crippen molar-refractivity contribution in [2.75, 3.05) is 31.4 Å². The molecule has 2 aromatic rings. The molecular formula is C15H21N3OS. The largest absolute Gasteiger partial charge is 0.480 e. The van der Waals surface area contributed by atoms with Crippen molar-refractivity contribution in [3.05, 3.63) is 34.7 Å². The highest BCUT2D eigenvalue weighted by atomic mass is 32.1. The minimum absolute atomic E-state index is 0.706. The van der Waals surface area contributed by atoms with Crippen LogP contribution in [0.15, 0.2) is 24.3 Å². The van der Waals surface area contributed by atoms with Gasteiger partial charge in [0.1, 0.15) is 0 Å². The van der Waals surface area contributed by atoms with E-state index in [4.69, 9.17) is 4.74 Å². The van der Waals surface area contributed by atoms with E-state index in [0.29, 0.717) is 5.88 Å². The van der Waals surface area contributed by atoms with Crippen LogP contribution in [0.1, 0.15) is 17.4 Å². The number of thiazole rings is 1. The minimum Gasteiger partial charge on any atom is -0.480 e. The predicted molar refractivity (Wildman–Crippen MR) is 86.1 cm³/mol. The maximum absolute atomic E-state index is 5.34. The Morgan fingerprint density at radius 1 is 1.35 bits per heavy atom. The molecule has 20 heavy (non-hydrogen) atoms. The van der Waals surface area contributed by atoms with Crippen molar-refractivity contribution in [3.8, 4) is 5.88 Å². The number of hydrogen-bond acceptors (Lipinski definition) is 5. The van der Waals surface area contributed by atoms with E-state index >= 15 is 0 Å². The second-order valence-corrected chi connectivity index (χ2v) is 5.79. The van der Waals surface area contributed by atoms with Gasteiger partial charge in [0.25, 0.3) is 0 Å². The molecule has 2 rings (SSSR count). The van der Waals surface area contributed by atoms with Crippen LogP contribution >= 0.6 is 11.3 Å². The van der Waals surface area contributed by atoms with Crippen LogP contribution in [0.4, 0.5) is 10.8 Å². The molecule has 0 amide bonds.